The van der Waals surface area contributed by atoms with E-state index in [1.165, 1.54) is 30.5 Å². The predicted molar refractivity (Wildman–Crippen MR) is 77.8 cm³/mol. The number of nitrogens with one attached hydrogen (secondary N) is 1. The molecule has 0 saturated heterocycles. The highest BCUT2D eigenvalue weighted by Crippen LogP contribution is 2.49. The highest BCUT2D eigenvalue weighted by molar-refractivity contribution is 5.63. The van der Waals surface area contributed by atoms with E-state index in [9.17, 15) is 0 Å². The number of nitrogen functional groups attached to an aromatic ring is 1. The van der Waals surface area contributed by atoms with E-state index >= 15 is 0 Å². The summed E-state index contributed by atoms with van der Waals surface area (Å²) >= 11 is 0. The van der Waals surface area contributed by atoms with Crippen LogP contribution in [0.3, 0.4) is 0 Å². The smallest absolute Gasteiger partial charge is 0.0382 e. The first-order valence-electron chi connectivity index (χ1n) is 7.15. The van der Waals surface area contributed by atoms with E-state index in [1.54, 1.807) is 0 Å². The summed E-state index contributed by atoms with van der Waals surface area (Å²) in [5.74, 6) is 1.59. The maximum atomic E-state index is 5.97. The Balaban J connectivity index is 2.04. The topological polar surface area (TPSA) is 38.0 Å². The molecule has 1 aliphatic heterocycles. The molecule has 18 heavy (non-hydrogen) atoms. The van der Waals surface area contributed by atoms with Crippen LogP contribution < -0.4 is 11.1 Å². The molecule has 1 aliphatic carbocycles. The number of nitrogens with two attached hydrogens (primary N) is 1. The van der Waals surface area contributed by atoms with E-state index in [2.05, 4.69) is 38.2 Å². The molecule has 1 saturated carbocycles. The van der Waals surface area contributed by atoms with Crippen molar-refractivity contribution in [2.24, 2.45) is 11.8 Å². The van der Waals surface area contributed by atoms with Gasteiger partial charge in [-0.25, -0.2) is 0 Å². The summed E-state index contributed by atoms with van der Waals surface area (Å²) in [6, 6.07) is 6.97. The van der Waals surface area contributed by atoms with Gasteiger partial charge in [-0.15, -0.1) is 0 Å². The molecule has 1 fully saturated rings. The molecular weight excluding hydrogens is 220 g/mol. The van der Waals surface area contributed by atoms with Crippen LogP contribution in [0.25, 0.3) is 0 Å². The second-order valence-electron chi connectivity index (χ2n) is 6.80. The van der Waals surface area contributed by atoms with Crippen LogP contribution in [0.4, 0.5) is 11.4 Å². The minimum absolute atomic E-state index is 0.237. The molecule has 0 radical (unpaired) electrons. The summed E-state index contributed by atoms with van der Waals surface area (Å²) < 4.78 is 0. The average Bonchev–Trinajstić information content (AvgIpc) is 2.30. The quantitative estimate of drug-likeness (QED) is 0.682. The van der Waals surface area contributed by atoms with Crippen molar-refractivity contribution in [2.45, 2.75) is 51.5 Å². The van der Waals surface area contributed by atoms with Crippen molar-refractivity contribution in [3.63, 3.8) is 0 Å². The van der Waals surface area contributed by atoms with Crippen LogP contribution in [0.15, 0.2) is 18.2 Å². The minimum Gasteiger partial charge on any atom is -0.399 e. The standard InChI is InChI=1S/C16H24N2/c1-10-4-6-12-15(8-10)18-14-7-5-11(17)9-13(14)16(12,2)3/h5,7,9-10,12,15,18H,4,6,8,17H2,1-3H3. The molecule has 3 N–H and O–H groups in total. The van der Waals surface area contributed by atoms with Crippen LogP contribution in [-0.4, -0.2) is 6.04 Å². The summed E-state index contributed by atoms with van der Waals surface area (Å²) in [4.78, 5) is 0. The molecule has 0 spiro atoms. The predicted octanol–water partition coefficient (Wildman–Crippen LogP) is 3.78. The third kappa shape index (κ3) is 1.70. The Bertz CT molecular complexity index is 464. The number of benzene rings is 1. The summed E-state index contributed by atoms with van der Waals surface area (Å²) in [6.07, 6.45) is 4.00. The van der Waals surface area contributed by atoms with E-state index in [-0.39, 0.29) is 5.41 Å². The lowest BCUT2D eigenvalue weighted by atomic mass is 9.61. The monoisotopic (exact) mass is 244 g/mol. The maximum absolute atomic E-state index is 5.97. The first kappa shape index (κ1) is 11.9. The SMILES string of the molecule is CC1CCC2C(C1)Nc1ccc(N)cc1C2(C)C. The molecular formula is C16H24N2. The fourth-order valence-electron chi connectivity index (χ4n) is 4.02. The van der Waals surface area contributed by atoms with Gasteiger partial charge in [-0.05, 0) is 53.9 Å². The van der Waals surface area contributed by atoms with E-state index in [0.29, 0.717) is 6.04 Å². The molecule has 1 aromatic rings. The molecule has 0 aromatic heterocycles. The van der Waals surface area contributed by atoms with Gasteiger partial charge in [0.1, 0.15) is 0 Å². The Labute approximate surface area is 110 Å². The van der Waals surface area contributed by atoms with Crippen LogP contribution in [0.5, 0.6) is 0 Å². The zero-order valence-corrected chi connectivity index (χ0v) is 11.7. The Morgan fingerprint density at radius 2 is 2.06 bits per heavy atom. The van der Waals surface area contributed by atoms with Crippen LogP contribution in [0.1, 0.15) is 45.6 Å². The molecule has 1 aromatic carbocycles. The van der Waals surface area contributed by atoms with Crippen LogP contribution in [0, 0.1) is 11.8 Å². The molecule has 3 unspecified atom stereocenters. The molecule has 2 nitrogen and oxygen atoms in total. The van der Waals surface area contributed by atoms with Gasteiger partial charge in [0.2, 0.25) is 0 Å². The van der Waals surface area contributed by atoms with Gasteiger partial charge in [0.25, 0.3) is 0 Å². The van der Waals surface area contributed by atoms with E-state index in [4.69, 9.17) is 5.73 Å². The fourth-order valence-corrected chi connectivity index (χ4v) is 4.02. The maximum Gasteiger partial charge on any atom is 0.0382 e. The third-order valence-electron chi connectivity index (χ3n) is 5.12. The zero-order chi connectivity index (χ0) is 12.9. The van der Waals surface area contributed by atoms with E-state index < -0.39 is 0 Å². The molecule has 1 heterocycles. The Kier molecular flexibility index (Phi) is 2.58. The third-order valence-corrected chi connectivity index (χ3v) is 5.12. The fraction of sp³-hybridized carbons (Fsp3) is 0.625. The van der Waals surface area contributed by atoms with Gasteiger partial charge in [0.15, 0.2) is 0 Å². The lowest BCUT2D eigenvalue weighted by Crippen LogP contribution is -2.49. The van der Waals surface area contributed by atoms with Gasteiger partial charge in [-0.2, -0.15) is 0 Å². The second kappa shape index (κ2) is 3.91. The van der Waals surface area contributed by atoms with Crippen LogP contribution >= 0.6 is 0 Å². The van der Waals surface area contributed by atoms with Crippen molar-refractivity contribution in [2.75, 3.05) is 11.1 Å². The average molecular weight is 244 g/mol. The first-order chi connectivity index (χ1) is 8.48. The zero-order valence-electron chi connectivity index (χ0n) is 11.7. The van der Waals surface area contributed by atoms with Crippen LogP contribution in [0.2, 0.25) is 0 Å². The van der Waals surface area contributed by atoms with Crippen molar-refractivity contribution in [3.05, 3.63) is 23.8 Å². The lowest BCUT2D eigenvalue weighted by Gasteiger charge is -2.50. The van der Waals surface area contributed by atoms with Crippen molar-refractivity contribution in [3.8, 4) is 0 Å². The normalized spacial score (nSPS) is 33.2. The Hall–Kier alpha value is -1.18. The van der Waals surface area contributed by atoms with Crippen molar-refractivity contribution >= 4 is 11.4 Å². The molecule has 3 atom stereocenters. The summed E-state index contributed by atoms with van der Waals surface area (Å²) in [6.45, 7) is 7.16. The molecule has 2 aliphatic rings. The molecule has 3 rings (SSSR count). The summed E-state index contributed by atoms with van der Waals surface area (Å²) in [7, 11) is 0. The summed E-state index contributed by atoms with van der Waals surface area (Å²) in [5, 5.41) is 3.76. The molecule has 2 heteroatoms. The minimum atomic E-state index is 0.237. The molecule has 0 bridgehead atoms. The highest BCUT2D eigenvalue weighted by atomic mass is 15.0. The Morgan fingerprint density at radius 1 is 1.28 bits per heavy atom. The first-order valence-corrected chi connectivity index (χ1v) is 7.15. The lowest BCUT2D eigenvalue weighted by molar-refractivity contribution is 0.174. The van der Waals surface area contributed by atoms with Crippen molar-refractivity contribution in [1.82, 2.24) is 0 Å². The molecule has 98 valence electrons. The van der Waals surface area contributed by atoms with Gasteiger partial charge in [-0.3, -0.25) is 0 Å². The van der Waals surface area contributed by atoms with Gasteiger partial charge in [0, 0.05) is 17.4 Å². The Morgan fingerprint density at radius 3 is 2.83 bits per heavy atom. The van der Waals surface area contributed by atoms with E-state index in [0.717, 1.165) is 17.5 Å². The number of rotatable bonds is 0. The van der Waals surface area contributed by atoms with Crippen LogP contribution in [-0.2, 0) is 5.41 Å². The number of hydrogen-bond acceptors (Lipinski definition) is 2. The highest BCUT2D eigenvalue weighted by Gasteiger charge is 2.44. The summed E-state index contributed by atoms with van der Waals surface area (Å²) in [5.41, 5.74) is 9.78. The number of anilines is 2. The number of hydrogen-bond donors (Lipinski definition) is 2. The van der Waals surface area contributed by atoms with Gasteiger partial charge < -0.3 is 11.1 Å². The van der Waals surface area contributed by atoms with Crippen molar-refractivity contribution in [1.29, 1.82) is 0 Å². The number of fused-ring (bicyclic) bond motifs is 2. The largest absolute Gasteiger partial charge is 0.399 e. The van der Waals surface area contributed by atoms with Gasteiger partial charge in [-0.1, -0.05) is 27.2 Å². The van der Waals surface area contributed by atoms with Crippen molar-refractivity contribution < 1.29 is 0 Å². The molecule has 0 amide bonds. The van der Waals surface area contributed by atoms with Gasteiger partial charge >= 0.3 is 0 Å². The van der Waals surface area contributed by atoms with E-state index in [1.807, 2.05) is 6.07 Å². The second-order valence-corrected chi connectivity index (χ2v) is 6.80. The van der Waals surface area contributed by atoms with Gasteiger partial charge in [0.05, 0.1) is 0 Å².